The monoisotopic (exact) mass is 341 g/mol. The molecule has 1 aliphatic rings. The smallest absolute Gasteiger partial charge is 0.274 e. The summed E-state index contributed by atoms with van der Waals surface area (Å²) >= 11 is 6.27. The summed E-state index contributed by atoms with van der Waals surface area (Å²) in [6.45, 7) is 2.04. The molecule has 0 bridgehead atoms. The van der Waals surface area contributed by atoms with E-state index in [2.05, 4.69) is 15.3 Å². The van der Waals surface area contributed by atoms with Crippen LogP contribution in [0, 0.1) is 0 Å². The number of piperazine rings is 1. The maximum atomic E-state index is 13.2. The van der Waals surface area contributed by atoms with Gasteiger partial charge in [-0.1, -0.05) is 23.7 Å². The third-order valence-corrected chi connectivity index (χ3v) is 4.53. The molecule has 3 aromatic heterocycles. The van der Waals surface area contributed by atoms with Gasteiger partial charge in [0.05, 0.1) is 6.04 Å². The van der Waals surface area contributed by atoms with E-state index in [1.165, 1.54) is 0 Å². The topological polar surface area (TPSA) is 62.5 Å². The standard InChI is InChI=1S/C17H16ClN5O/c18-16-15(23-8-2-1-5-14(23)21-16)17(24)22-9-7-20-11-13(22)12-4-3-6-19-10-12/h1-6,8,10,13,20H,7,9,11H2. The minimum atomic E-state index is -0.117. The van der Waals surface area contributed by atoms with Crippen LogP contribution in [0.5, 0.6) is 0 Å². The van der Waals surface area contributed by atoms with Crippen LogP contribution in [0.3, 0.4) is 0 Å². The van der Waals surface area contributed by atoms with Gasteiger partial charge in [-0.3, -0.25) is 14.2 Å². The van der Waals surface area contributed by atoms with E-state index in [1.807, 2.05) is 41.4 Å². The van der Waals surface area contributed by atoms with Crippen molar-refractivity contribution >= 4 is 23.2 Å². The molecule has 3 aromatic rings. The van der Waals surface area contributed by atoms with Crippen LogP contribution in [0.25, 0.3) is 5.65 Å². The molecule has 0 aliphatic carbocycles. The van der Waals surface area contributed by atoms with Crippen LogP contribution in [0.1, 0.15) is 22.1 Å². The van der Waals surface area contributed by atoms with Crippen molar-refractivity contribution in [3.63, 3.8) is 0 Å². The molecule has 1 atom stereocenters. The lowest BCUT2D eigenvalue weighted by atomic mass is 10.0. The summed E-state index contributed by atoms with van der Waals surface area (Å²) in [5, 5.41) is 3.57. The first kappa shape index (κ1) is 15.1. The van der Waals surface area contributed by atoms with Crippen LogP contribution in [0.2, 0.25) is 5.15 Å². The van der Waals surface area contributed by atoms with E-state index in [0.29, 0.717) is 24.4 Å². The van der Waals surface area contributed by atoms with Gasteiger partial charge in [-0.15, -0.1) is 0 Å². The second-order valence-electron chi connectivity index (χ2n) is 5.68. The molecule has 1 saturated heterocycles. The van der Waals surface area contributed by atoms with Gasteiger partial charge in [0.2, 0.25) is 0 Å². The van der Waals surface area contributed by atoms with Crippen molar-refractivity contribution in [2.24, 2.45) is 0 Å². The molecule has 122 valence electrons. The maximum Gasteiger partial charge on any atom is 0.274 e. The molecule has 1 aliphatic heterocycles. The number of amides is 1. The first-order valence-electron chi connectivity index (χ1n) is 7.80. The number of fused-ring (bicyclic) bond motifs is 1. The highest BCUT2D eigenvalue weighted by atomic mass is 35.5. The van der Waals surface area contributed by atoms with Gasteiger partial charge < -0.3 is 10.2 Å². The second kappa shape index (κ2) is 6.22. The van der Waals surface area contributed by atoms with Crippen LogP contribution in [-0.2, 0) is 0 Å². The number of aromatic nitrogens is 3. The van der Waals surface area contributed by atoms with Crippen molar-refractivity contribution in [3.8, 4) is 0 Å². The first-order valence-corrected chi connectivity index (χ1v) is 8.17. The third-order valence-electron chi connectivity index (χ3n) is 4.26. The van der Waals surface area contributed by atoms with Gasteiger partial charge >= 0.3 is 0 Å². The molecule has 1 unspecified atom stereocenters. The minimum Gasteiger partial charge on any atom is -0.328 e. The van der Waals surface area contributed by atoms with E-state index in [4.69, 9.17) is 11.6 Å². The summed E-state index contributed by atoms with van der Waals surface area (Å²) < 4.78 is 1.74. The lowest BCUT2D eigenvalue weighted by molar-refractivity contribution is 0.0627. The average molecular weight is 342 g/mol. The number of halogens is 1. The molecule has 4 rings (SSSR count). The molecule has 7 heteroatoms. The molecule has 24 heavy (non-hydrogen) atoms. The zero-order chi connectivity index (χ0) is 16.5. The van der Waals surface area contributed by atoms with Gasteiger partial charge in [-0.05, 0) is 23.8 Å². The fourth-order valence-corrected chi connectivity index (χ4v) is 3.37. The zero-order valence-corrected chi connectivity index (χ0v) is 13.6. The number of pyridine rings is 2. The summed E-state index contributed by atoms with van der Waals surface area (Å²) in [5.41, 5.74) is 2.07. The second-order valence-corrected chi connectivity index (χ2v) is 6.04. The van der Waals surface area contributed by atoms with E-state index < -0.39 is 0 Å². The van der Waals surface area contributed by atoms with E-state index in [9.17, 15) is 4.79 Å². The normalized spacial score (nSPS) is 18.0. The van der Waals surface area contributed by atoms with E-state index in [0.717, 1.165) is 12.1 Å². The van der Waals surface area contributed by atoms with Crippen LogP contribution < -0.4 is 5.32 Å². The lowest BCUT2D eigenvalue weighted by Crippen LogP contribution is -2.49. The lowest BCUT2D eigenvalue weighted by Gasteiger charge is -2.36. The predicted octanol–water partition coefficient (Wildman–Crippen LogP) is 2.17. The SMILES string of the molecule is O=C(c1c(Cl)nc2ccccn12)N1CCNCC1c1cccnc1. The Labute approximate surface area is 144 Å². The molecular formula is C17H16ClN5O. The molecule has 0 spiro atoms. The van der Waals surface area contributed by atoms with Crippen molar-refractivity contribution in [3.05, 3.63) is 65.3 Å². The number of imidazole rings is 1. The molecule has 4 heterocycles. The average Bonchev–Trinajstić information content (AvgIpc) is 2.97. The highest BCUT2D eigenvalue weighted by Crippen LogP contribution is 2.26. The van der Waals surface area contributed by atoms with Crippen molar-refractivity contribution < 1.29 is 4.79 Å². The Balaban J connectivity index is 1.75. The maximum absolute atomic E-state index is 13.2. The largest absolute Gasteiger partial charge is 0.328 e. The number of nitrogens with one attached hydrogen (secondary N) is 1. The minimum absolute atomic E-state index is 0.0784. The van der Waals surface area contributed by atoms with E-state index in [-0.39, 0.29) is 17.1 Å². The van der Waals surface area contributed by atoms with Crippen molar-refractivity contribution in [2.75, 3.05) is 19.6 Å². The molecular weight excluding hydrogens is 326 g/mol. The van der Waals surface area contributed by atoms with Crippen LogP contribution in [0.15, 0.2) is 48.9 Å². The van der Waals surface area contributed by atoms with Crippen molar-refractivity contribution in [2.45, 2.75) is 6.04 Å². The van der Waals surface area contributed by atoms with Crippen LogP contribution >= 0.6 is 11.6 Å². The Morgan fingerprint density at radius 2 is 2.21 bits per heavy atom. The zero-order valence-electron chi connectivity index (χ0n) is 12.9. The van der Waals surface area contributed by atoms with Crippen molar-refractivity contribution in [1.82, 2.24) is 24.6 Å². The molecule has 1 N–H and O–H groups in total. The fourth-order valence-electron chi connectivity index (χ4n) is 3.11. The molecule has 1 amide bonds. The Kier molecular flexibility index (Phi) is 3.92. The van der Waals surface area contributed by atoms with Crippen LogP contribution in [-0.4, -0.2) is 44.8 Å². The summed E-state index contributed by atoms with van der Waals surface area (Å²) in [7, 11) is 0. The molecule has 0 aromatic carbocycles. The molecule has 0 radical (unpaired) electrons. The Bertz CT molecular complexity index is 879. The van der Waals surface area contributed by atoms with Gasteiger partial charge in [0.1, 0.15) is 5.65 Å². The fraction of sp³-hybridized carbons (Fsp3) is 0.235. The van der Waals surface area contributed by atoms with Crippen LogP contribution in [0.4, 0.5) is 0 Å². The molecule has 6 nitrogen and oxygen atoms in total. The van der Waals surface area contributed by atoms with E-state index in [1.54, 1.807) is 16.8 Å². The first-order chi connectivity index (χ1) is 11.8. The molecule has 1 fully saturated rings. The Hall–Kier alpha value is -2.44. The van der Waals surface area contributed by atoms with Gasteiger partial charge in [0.15, 0.2) is 10.8 Å². The van der Waals surface area contributed by atoms with Gasteiger partial charge in [0.25, 0.3) is 5.91 Å². The number of carbonyl (C=O) groups excluding carboxylic acids is 1. The van der Waals surface area contributed by atoms with E-state index >= 15 is 0 Å². The quantitative estimate of drug-likeness (QED) is 0.776. The summed E-state index contributed by atoms with van der Waals surface area (Å²) in [4.78, 5) is 23.5. The van der Waals surface area contributed by atoms with Gasteiger partial charge in [-0.2, -0.15) is 0 Å². The Morgan fingerprint density at radius 1 is 1.29 bits per heavy atom. The van der Waals surface area contributed by atoms with Gasteiger partial charge in [0, 0.05) is 38.2 Å². The number of hydrogen-bond acceptors (Lipinski definition) is 4. The summed E-state index contributed by atoms with van der Waals surface area (Å²) in [6.07, 6.45) is 5.34. The number of carbonyl (C=O) groups is 1. The Morgan fingerprint density at radius 3 is 3.04 bits per heavy atom. The highest BCUT2D eigenvalue weighted by molar-refractivity contribution is 6.32. The summed E-state index contributed by atoms with van der Waals surface area (Å²) in [6, 6.07) is 9.35. The molecule has 0 saturated carbocycles. The predicted molar refractivity (Wildman–Crippen MR) is 91.1 cm³/mol. The number of nitrogens with zero attached hydrogens (tertiary/aromatic N) is 4. The van der Waals surface area contributed by atoms with Crippen molar-refractivity contribution in [1.29, 1.82) is 0 Å². The number of hydrogen-bond donors (Lipinski definition) is 1. The third kappa shape index (κ3) is 2.53. The highest BCUT2D eigenvalue weighted by Gasteiger charge is 2.31. The number of rotatable bonds is 2. The van der Waals surface area contributed by atoms with Gasteiger partial charge in [-0.25, -0.2) is 4.98 Å². The summed E-state index contributed by atoms with van der Waals surface area (Å²) in [5.74, 6) is -0.117.